The summed E-state index contributed by atoms with van der Waals surface area (Å²) in [6, 6.07) is 13.6. The lowest BCUT2D eigenvalue weighted by atomic mass is 10.2. The normalized spacial score (nSPS) is 11.6. The Morgan fingerprint density at radius 2 is 1.89 bits per heavy atom. The van der Waals surface area contributed by atoms with Crippen molar-refractivity contribution in [2.24, 2.45) is 0 Å². The van der Waals surface area contributed by atoms with Crippen molar-refractivity contribution in [3.05, 3.63) is 83.1 Å². The maximum absolute atomic E-state index is 12.5. The van der Waals surface area contributed by atoms with Gasteiger partial charge in [0.05, 0.1) is 17.0 Å². The van der Waals surface area contributed by atoms with Gasteiger partial charge in [0, 0.05) is 11.9 Å². The van der Waals surface area contributed by atoms with E-state index in [1.165, 1.54) is 42.6 Å². The van der Waals surface area contributed by atoms with E-state index in [0.717, 1.165) is 5.56 Å². The number of nitrogens with zero attached hydrogens (tertiary/aromatic N) is 1. The lowest BCUT2D eigenvalue weighted by Crippen LogP contribution is -2.15. The van der Waals surface area contributed by atoms with Gasteiger partial charge in [-0.2, -0.15) is 0 Å². The second kappa shape index (κ2) is 7.77. The van der Waals surface area contributed by atoms with Crippen LogP contribution in [0, 0.1) is 6.92 Å². The lowest BCUT2D eigenvalue weighted by Gasteiger charge is -2.11. The van der Waals surface area contributed by atoms with Crippen molar-refractivity contribution in [3.63, 3.8) is 0 Å². The summed E-state index contributed by atoms with van der Waals surface area (Å²) in [5, 5.41) is 2.91. The Balaban J connectivity index is 1.75. The van der Waals surface area contributed by atoms with Crippen LogP contribution in [0.5, 0.6) is 0 Å². The number of anilines is 2. The van der Waals surface area contributed by atoms with Crippen LogP contribution in [0.1, 0.15) is 17.4 Å². The van der Waals surface area contributed by atoms with Gasteiger partial charge >= 0.3 is 0 Å². The van der Waals surface area contributed by atoms with E-state index in [-0.39, 0.29) is 22.3 Å². The summed E-state index contributed by atoms with van der Waals surface area (Å²) in [6.45, 7) is 1.85. The van der Waals surface area contributed by atoms with Crippen LogP contribution >= 0.6 is 11.6 Å². The van der Waals surface area contributed by atoms with Crippen molar-refractivity contribution >= 4 is 38.9 Å². The molecule has 8 heteroatoms. The van der Waals surface area contributed by atoms with Gasteiger partial charge in [-0.3, -0.25) is 14.5 Å². The highest BCUT2D eigenvalue weighted by Gasteiger charge is 2.16. The average Bonchev–Trinajstić information content (AvgIpc) is 2.64. The number of aromatic nitrogens is 1. The molecule has 0 atom stereocenters. The molecule has 138 valence electrons. The third-order valence-corrected chi connectivity index (χ3v) is 5.32. The fourth-order valence-electron chi connectivity index (χ4n) is 2.27. The molecule has 2 aromatic carbocycles. The number of amides is 1. The second-order valence-corrected chi connectivity index (χ2v) is 7.80. The van der Waals surface area contributed by atoms with Crippen LogP contribution in [0.4, 0.5) is 11.4 Å². The molecule has 0 fully saturated rings. The number of pyridine rings is 1. The number of hydrogen-bond donors (Lipinski definition) is 2. The van der Waals surface area contributed by atoms with Crippen LogP contribution in [0.2, 0.25) is 5.02 Å². The molecular weight excluding hydrogens is 386 g/mol. The molecule has 0 radical (unpaired) electrons. The van der Waals surface area contributed by atoms with Gasteiger partial charge in [0.2, 0.25) is 0 Å². The molecule has 0 saturated heterocycles. The first-order valence-electron chi connectivity index (χ1n) is 8.38. The number of halogens is 1. The van der Waals surface area contributed by atoms with Crippen LogP contribution in [-0.4, -0.2) is 19.3 Å². The van der Waals surface area contributed by atoms with Gasteiger partial charge in [-0.25, -0.2) is 8.42 Å². The largest absolute Gasteiger partial charge is 0.321 e. The molecule has 0 spiro atoms. The van der Waals surface area contributed by atoms with Gasteiger partial charge in [0.15, 0.2) is 0 Å². The number of nitrogens with one attached hydrogen (secondary N) is 2. The minimum Gasteiger partial charge on any atom is -0.321 e. The van der Waals surface area contributed by atoms with Gasteiger partial charge in [-0.15, -0.1) is 0 Å². The summed E-state index contributed by atoms with van der Waals surface area (Å²) >= 11 is 6.08. The number of benzene rings is 2. The van der Waals surface area contributed by atoms with Crippen molar-refractivity contribution in [2.75, 3.05) is 10.0 Å². The minimum atomic E-state index is -3.84. The van der Waals surface area contributed by atoms with E-state index in [4.69, 9.17) is 13.0 Å². The summed E-state index contributed by atoms with van der Waals surface area (Å²) in [5.41, 5.74) is 1.69. The van der Waals surface area contributed by atoms with Crippen LogP contribution < -0.4 is 10.0 Å². The fourth-order valence-corrected chi connectivity index (χ4v) is 3.69. The molecule has 3 rings (SSSR count). The first-order valence-corrected chi connectivity index (χ1v) is 9.74. The molecule has 0 aliphatic heterocycles. The zero-order valence-electron chi connectivity index (χ0n) is 15.2. The average molecular weight is 404 g/mol. The van der Waals surface area contributed by atoms with Gasteiger partial charge in [-0.1, -0.05) is 23.7 Å². The smallest absolute Gasteiger partial charge is 0.274 e. The number of rotatable bonds is 5. The first kappa shape index (κ1) is 17.5. The monoisotopic (exact) mass is 403 g/mol. The van der Waals surface area contributed by atoms with Crippen molar-refractivity contribution in [1.82, 2.24) is 4.98 Å². The molecule has 0 aliphatic rings. The molecule has 0 saturated carbocycles. The third kappa shape index (κ3) is 4.64. The third-order valence-electron chi connectivity index (χ3n) is 3.63. The minimum absolute atomic E-state index is 0.0217. The maximum Gasteiger partial charge on any atom is 0.274 e. The van der Waals surface area contributed by atoms with E-state index < -0.39 is 15.9 Å². The van der Waals surface area contributed by atoms with E-state index in [0.29, 0.717) is 10.7 Å². The molecule has 3 aromatic rings. The second-order valence-electron chi connectivity index (χ2n) is 5.71. The van der Waals surface area contributed by atoms with Crippen molar-refractivity contribution in [1.29, 1.82) is 0 Å². The van der Waals surface area contributed by atoms with E-state index >= 15 is 0 Å². The Morgan fingerprint density at radius 3 is 2.56 bits per heavy atom. The highest BCUT2D eigenvalue weighted by molar-refractivity contribution is 7.92. The molecular formula is C19H16ClN3O3S. The van der Waals surface area contributed by atoms with Crippen LogP contribution in [-0.2, 0) is 10.0 Å². The SMILES string of the molecule is [3H]c1ccnc(C(=O)Nc2ccc(S(=O)(=O)Nc3ccc(C)cc3Cl)cc2)c1. The molecule has 27 heavy (non-hydrogen) atoms. The predicted molar refractivity (Wildman–Crippen MR) is 106 cm³/mol. The Hall–Kier alpha value is -2.90. The quantitative estimate of drug-likeness (QED) is 0.671. The van der Waals surface area contributed by atoms with Gasteiger partial charge in [0.1, 0.15) is 5.69 Å². The zero-order chi connectivity index (χ0) is 20.3. The van der Waals surface area contributed by atoms with Crippen molar-refractivity contribution < 1.29 is 14.6 Å². The van der Waals surface area contributed by atoms with Crippen LogP contribution in [0.3, 0.4) is 0 Å². The van der Waals surface area contributed by atoms with Gasteiger partial charge in [-0.05, 0) is 61.0 Å². The van der Waals surface area contributed by atoms with Gasteiger partial charge < -0.3 is 5.32 Å². The molecule has 1 heterocycles. The molecule has 1 amide bonds. The molecule has 6 nitrogen and oxygen atoms in total. The zero-order valence-corrected chi connectivity index (χ0v) is 15.8. The molecule has 2 N–H and O–H groups in total. The van der Waals surface area contributed by atoms with Crippen LogP contribution in [0.15, 0.2) is 71.7 Å². The Kier molecular flexibility index (Phi) is 5.04. The highest BCUT2D eigenvalue weighted by atomic mass is 35.5. The summed E-state index contributed by atoms with van der Waals surface area (Å²) in [6.07, 6.45) is 1.37. The van der Waals surface area contributed by atoms with Gasteiger partial charge in [0.25, 0.3) is 15.9 Å². The van der Waals surface area contributed by atoms with E-state index in [1.54, 1.807) is 18.2 Å². The summed E-state index contributed by atoms with van der Waals surface area (Å²) in [7, 11) is -3.84. The Bertz CT molecular complexity index is 1140. The van der Waals surface area contributed by atoms with E-state index in [1.807, 2.05) is 6.92 Å². The number of hydrogen-bond acceptors (Lipinski definition) is 4. The van der Waals surface area contributed by atoms with Crippen molar-refractivity contribution in [3.8, 4) is 0 Å². The van der Waals surface area contributed by atoms with Crippen LogP contribution in [0.25, 0.3) is 0 Å². The summed E-state index contributed by atoms with van der Waals surface area (Å²) < 4.78 is 35.1. The van der Waals surface area contributed by atoms with Crippen molar-refractivity contribution in [2.45, 2.75) is 11.8 Å². The van der Waals surface area contributed by atoms with E-state index in [2.05, 4.69) is 15.0 Å². The summed E-state index contributed by atoms with van der Waals surface area (Å²) in [5.74, 6) is -0.491. The Morgan fingerprint density at radius 1 is 1.15 bits per heavy atom. The Labute approximate surface area is 163 Å². The number of carbonyl (C=O) groups excluding carboxylic acids is 1. The molecule has 0 aliphatic carbocycles. The predicted octanol–water partition coefficient (Wildman–Crippen LogP) is 4.10. The molecule has 1 aromatic heterocycles. The number of carbonyl (C=O) groups is 1. The lowest BCUT2D eigenvalue weighted by molar-refractivity contribution is 0.102. The number of sulfonamides is 1. The van der Waals surface area contributed by atoms with E-state index in [9.17, 15) is 13.2 Å². The highest BCUT2D eigenvalue weighted by Crippen LogP contribution is 2.26. The fraction of sp³-hybridized carbons (Fsp3) is 0.0526. The summed E-state index contributed by atoms with van der Waals surface area (Å²) in [4.78, 5) is 16.1. The molecule has 0 bridgehead atoms. The standard InChI is InChI=1S/C19H16ClN3O3S/c1-13-5-10-17(16(20)12-13)23-27(25,26)15-8-6-14(7-9-15)22-19(24)18-4-2-3-11-21-18/h2-12,23H,1H3,(H,22,24)/i2T. The molecule has 0 unspecified atom stereocenters. The number of aryl methyl sites for hydroxylation is 1. The maximum atomic E-state index is 12.5. The topological polar surface area (TPSA) is 88.2 Å². The first-order chi connectivity index (χ1) is 13.2.